The standard InChI is InChI=1S/C32H36ClF2N9O5S/c1-50(47,48)43-9-5-20(6-10-43)13-40-14-21-16-41(17-22(21)15-40)28(45)19-42-18-26(38-31(46)25-12-37-44-8-2-7-36-30(25)44)29(39-42)24-11-23(33)3-4-27(24)49-32(34)35/h2-4,7-8,11-12,18,20-22,32H,5-6,9-10,13-17,19H2,1H3,(H,38,46)/t21-,22+. The number of likely N-dealkylation sites (tertiary alicyclic amines) is 2. The molecule has 3 aromatic heterocycles. The van der Waals surface area contributed by atoms with Crippen LogP contribution in [0.2, 0.25) is 5.02 Å². The SMILES string of the molecule is CS(=O)(=O)N1CCC(CN2C[C@@H]3CN(C(=O)Cn4cc(NC(=O)c5cnn6cccnc56)c(-c5cc(Cl)ccc5OC(F)F)n4)C[C@@H]3C2)CC1. The van der Waals surface area contributed by atoms with Crippen molar-refractivity contribution < 1.29 is 31.5 Å². The lowest BCUT2D eigenvalue weighted by atomic mass is 9.97. The summed E-state index contributed by atoms with van der Waals surface area (Å²) in [7, 11) is -3.16. The van der Waals surface area contributed by atoms with Gasteiger partial charge >= 0.3 is 6.61 Å². The Morgan fingerprint density at radius 2 is 1.86 bits per heavy atom. The molecule has 0 bridgehead atoms. The second-order valence-electron chi connectivity index (χ2n) is 13.2. The summed E-state index contributed by atoms with van der Waals surface area (Å²) in [5, 5.41) is 11.7. The number of alkyl halides is 2. The van der Waals surface area contributed by atoms with E-state index in [4.69, 9.17) is 16.3 Å². The van der Waals surface area contributed by atoms with Gasteiger partial charge in [0.15, 0.2) is 5.65 Å². The van der Waals surface area contributed by atoms with Crippen molar-refractivity contribution in [1.82, 2.24) is 38.5 Å². The third-order valence-corrected chi connectivity index (χ3v) is 11.3. The van der Waals surface area contributed by atoms with Gasteiger partial charge < -0.3 is 19.9 Å². The molecule has 3 saturated heterocycles. The number of ether oxygens (including phenoxy) is 1. The molecule has 6 heterocycles. The lowest BCUT2D eigenvalue weighted by Crippen LogP contribution is -2.41. The van der Waals surface area contributed by atoms with Crippen LogP contribution in [0.3, 0.4) is 0 Å². The number of amides is 2. The second kappa shape index (κ2) is 13.8. The molecule has 0 unspecified atom stereocenters. The average Bonchev–Trinajstić information content (AvgIpc) is 3.84. The molecule has 18 heteroatoms. The number of carbonyl (C=O) groups excluding carboxylic acids is 2. The highest BCUT2D eigenvalue weighted by Crippen LogP contribution is 2.38. The quantitative estimate of drug-likeness (QED) is 0.260. The van der Waals surface area contributed by atoms with Crippen molar-refractivity contribution >= 4 is 44.8 Å². The van der Waals surface area contributed by atoms with E-state index in [0.29, 0.717) is 49.6 Å². The highest BCUT2D eigenvalue weighted by molar-refractivity contribution is 7.88. The number of fused-ring (bicyclic) bond motifs is 2. The zero-order valence-corrected chi connectivity index (χ0v) is 28.7. The topological polar surface area (TPSA) is 147 Å². The largest absolute Gasteiger partial charge is 0.434 e. The Kier molecular flexibility index (Phi) is 9.49. The van der Waals surface area contributed by atoms with Crippen LogP contribution < -0.4 is 10.1 Å². The van der Waals surface area contributed by atoms with Gasteiger partial charge in [-0.1, -0.05) is 11.6 Å². The van der Waals surface area contributed by atoms with Gasteiger partial charge in [0.1, 0.15) is 23.6 Å². The maximum atomic E-state index is 13.6. The molecule has 2 amide bonds. The molecule has 266 valence electrons. The number of aromatic nitrogens is 5. The van der Waals surface area contributed by atoms with E-state index in [1.54, 1.807) is 16.6 Å². The monoisotopic (exact) mass is 731 g/mol. The number of carbonyl (C=O) groups is 2. The minimum atomic E-state index is -3.16. The molecule has 3 fully saturated rings. The van der Waals surface area contributed by atoms with E-state index < -0.39 is 22.5 Å². The number of nitrogens with zero attached hydrogens (tertiary/aromatic N) is 8. The average molecular weight is 732 g/mol. The van der Waals surface area contributed by atoms with Crippen LogP contribution in [0.15, 0.2) is 49.1 Å². The molecule has 50 heavy (non-hydrogen) atoms. The summed E-state index contributed by atoms with van der Waals surface area (Å²) in [5.41, 5.74) is 0.831. The predicted octanol–water partition coefficient (Wildman–Crippen LogP) is 3.16. The van der Waals surface area contributed by atoms with E-state index in [2.05, 4.69) is 25.4 Å². The number of hydrogen-bond donors (Lipinski definition) is 1. The van der Waals surface area contributed by atoms with Crippen LogP contribution in [0.25, 0.3) is 16.9 Å². The molecule has 0 radical (unpaired) electrons. The Labute approximate surface area is 292 Å². The van der Waals surface area contributed by atoms with Crippen LogP contribution in [-0.4, -0.2) is 117 Å². The summed E-state index contributed by atoms with van der Waals surface area (Å²) in [6.45, 7) is 1.74. The molecule has 14 nitrogen and oxygen atoms in total. The minimum Gasteiger partial charge on any atom is -0.434 e. The maximum absolute atomic E-state index is 13.6. The van der Waals surface area contributed by atoms with Crippen LogP contribution in [-0.2, 0) is 21.4 Å². The zero-order valence-electron chi connectivity index (χ0n) is 27.2. The Morgan fingerprint density at radius 3 is 2.56 bits per heavy atom. The molecule has 1 aromatic carbocycles. The summed E-state index contributed by atoms with van der Waals surface area (Å²) in [6, 6.07) is 5.77. The van der Waals surface area contributed by atoms with Gasteiger partial charge in [-0.25, -0.2) is 22.2 Å². The Morgan fingerprint density at radius 1 is 1.12 bits per heavy atom. The van der Waals surface area contributed by atoms with Gasteiger partial charge in [-0.05, 0) is 54.9 Å². The highest BCUT2D eigenvalue weighted by Gasteiger charge is 2.42. The van der Waals surface area contributed by atoms with Crippen molar-refractivity contribution in [2.75, 3.05) is 57.4 Å². The number of nitrogens with one attached hydrogen (secondary N) is 1. The van der Waals surface area contributed by atoms with Crippen LogP contribution in [0.1, 0.15) is 23.2 Å². The van der Waals surface area contributed by atoms with E-state index >= 15 is 0 Å². The number of benzene rings is 1. The van der Waals surface area contributed by atoms with Gasteiger partial charge in [-0.2, -0.15) is 19.0 Å². The summed E-state index contributed by atoms with van der Waals surface area (Å²) in [5.74, 6) is 0.182. The molecule has 4 aromatic rings. The smallest absolute Gasteiger partial charge is 0.387 e. The van der Waals surface area contributed by atoms with Crippen molar-refractivity contribution in [3.8, 4) is 17.0 Å². The van der Waals surface area contributed by atoms with Gasteiger partial charge in [-0.15, -0.1) is 0 Å². The molecule has 3 aliphatic heterocycles. The summed E-state index contributed by atoms with van der Waals surface area (Å²) < 4.78 is 59.6. The van der Waals surface area contributed by atoms with Crippen molar-refractivity contribution in [2.24, 2.45) is 17.8 Å². The van der Waals surface area contributed by atoms with Crippen molar-refractivity contribution in [1.29, 1.82) is 0 Å². The fraction of sp³-hybridized carbons (Fsp3) is 0.469. The molecule has 2 atom stereocenters. The number of rotatable bonds is 10. The second-order valence-corrected chi connectivity index (χ2v) is 15.6. The van der Waals surface area contributed by atoms with Crippen molar-refractivity contribution in [2.45, 2.75) is 26.0 Å². The van der Waals surface area contributed by atoms with Crippen LogP contribution in [0.4, 0.5) is 14.5 Å². The molecule has 0 aliphatic carbocycles. The van der Waals surface area contributed by atoms with Crippen molar-refractivity contribution in [3.05, 3.63) is 59.6 Å². The molecule has 1 N–H and O–H groups in total. The van der Waals surface area contributed by atoms with Gasteiger partial charge in [0.05, 0.1) is 18.1 Å². The number of halogens is 3. The highest BCUT2D eigenvalue weighted by atomic mass is 35.5. The summed E-state index contributed by atoms with van der Waals surface area (Å²) in [6.07, 6.45) is 8.96. The fourth-order valence-corrected chi connectivity index (χ4v) is 8.37. The predicted molar refractivity (Wildman–Crippen MR) is 179 cm³/mol. The molecular formula is C32H36ClF2N9O5S. The molecular weight excluding hydrogens is 696 g/mol. The first-order chi connectivity index (χ1) is 23.9. The number of sulfonamides is 1. The Bertz CT molecular complexity index is 2000. The zero-order chi connectivity index (χ0) is 35.2. The number of hydrogen-bond acceptors (Lipinski definition) is 9. The van der Waals surface area contributed by atoms with Crippen LogP contribution >= 0.6 is 11.6 Å². The third kappa shape index (κ3) is 7.31. The molecule has 0 saturated carbocycles. The summed E-state index contributed by atoms with van der Waals surface area (Å²) >= 11 is 6.25. The summed E-state index contributed by atoms with van der Waals surface area (Å²) in [4.78, 5) is 35.5. The van der Waals surface area contributed by atoms with Gasteiger partial charge in [0.2, 0.25) is 15.9 Å². The normalized spacial score (nSPS) is 20.5. The Balaban J connectivity index is 1.04. The third-order valence-electron chi connectivity index (χ3n) is 9.72. The van der Waals surface area contributed by atoms with E-state index in [1.165, 1.54) is 52.2 Å². The van der Waals surface area contributed by atoms with Gasteiger partial charge in [0.25, 0.3) is 5.91 Å². The first kappa shape index (κ1) is 34.3. The first-order valence-electron chi connectivity index (χ1n) is 16.3. The van der Waals surface area contributed by atoms with Crippen LogP contribution in [0, 0.1) is 17.8 Å². The maximum Gasteiger partial charge on any atom is 0.387 e. The lowest BCUT2D eigenvalue weighted by molar-refractivity contribution is -0.131. The molecule has 3 aliphatic rings. The van der Waals surface area contributed by atoms with Crippen molar-refractivity contribution in [3.63, 3.8) is 0 Å². The molecule has 0 spiro atoms. The first-order valence-corrected chi connectivity index (χ1v) is 18.5. The number of piperidine rings is 1. The minimum absolute atomic E-state index is 0.0880. The van der Waals surface area contributed by atoms with E-state index in [-0.39, 0.29) is 45.7 Å². The van der Waals surface area contributed by atoms with E-state index in [0.717, 1.165) is 32.5 Å². The lowest BCUT2D eigenvalue weighted by Gasteiger charge is -2.33. The number of anilines is 1. The van der Waals surface area contributed by atoms with E-state index in [9.17, 15) is 26.8 Å². The molecule has 7 rings (SSSR count). The van der Waals surface area contributed by atoms with E-state index in [1.807, 2.05) is 4.90 Å². The fourth-order valence-electron chi connectivity index (χ4n) is 7.33. The van der Waals surface area contributed by atoms with Gasteiger partial charge in [0, 0.05) is 75.0 Å². The van der Waals surface area contributed by atoms with Gasteiger partial charge in [-0.3, -0.25) is 14.3 Å². The Hall–Kier alpha value is -4.19. The van der Waals surface area contributed by atoms with Crippen LogP contribution in [0.5, 0.6) is 5.75 Å².